The highest BCUT2D eigenvalue weighted by Gasteiger charge is 2.28. The van der Waals surface area contributed by atoms with Gasteiger partial charge in [-0.05, 0) is 128 Å². The maximum absolute atomic E-state index is 12.8. The smallest absolute Gasteiger partial charge is 0.338 e. The number of hydrogen-bond donors (Lipinski definition) is 4. The summed E-state index contributed by atoms with van der Waals surface area (Å²) in [5.74, 6) is -1.78. The van der Waals surface area contributed by atoms with E-state index in [2.05, 4.69) is 10.6 Å². The van der Waals surface area contributed by atoms with Gasteiger partial charge in [-0.15, -0.1) is 0 Å². The van der Waals surface area contributed by atoms with Crippen LogP contribution in [-0.2, 0) is 29.7 Å². The molecule has 12 nitrogen and oxygen atoms in total. The predicted octanol–water partition coefficient (Wildman–Crippen LogP) is 8.27. The number of benzene rings is 5. The lowest BCUT2D eigenvalue weighted by Gasteiger charge is -2.23. The van der Waals surface area contributed by atoms with Gasteiger partial charge in [0.25, 0.3) is 20.2 Å². The van der Waals surface area contributed by atoms with Gasteiger partial charge in [0.2, 0.25) is 0 Å². The quantitative estimate of drug-likeness (QED) is 0.0572. The molecule has 14 heteroatoms. The first-order chi connectivity index (χ1) is 25.8. The molecule has 0 atom stereocenters. The summed E-state index contributed by atoms with van der Waals surface area (Å²) in [6, 6.07) is 21.0. The number of esters is 2. The zero-order valence-corrected chi connectivity index (χ0v) is 33.2. The zero-order valence-electron chi connectivity index (χ0n) is 31.6. The Morgan fingerprint density at radius 2 is 0.964 bits per heavy atom. The minimum atomic E-state index is -5.00. The second-order valence-corrected chi connectivity index (χ2v) is 16.1. The van der Waals surface area contributed by atoms with Gasteiger partial charge in [0.1, 0.15) is 0 Å². The van der Waals surface area contributed by atoms with Crippen LogP contribution in [0, 0.1) is 41.5 Å². The molecule has 5 aromatic carbocycles. The molecule has 4 N–H and O–H groups in total. The topological polar surface area (TPSA) is 185 Å². The van der Waals surface area contributed by atoms with E-state index in [-0.39, 0.29) is 5.56 Å². The van der Waals surface area contributed by atoms with Gasteiger partial charge in [-0.3, -0.25) is 9.11 Å². The lowest BCUT2D eigenvalue weighted by atomic mass is 9.85. The molecule has 0 spiro atoms. The Morgan fingerprint density at radius 3 is 1.31 bits per heavy atom. The number of nitrogens with one attached hydrogen (secondary N) is 2. The fourth-order valence-corrected chi connectivity index (χ4v) is 8.42. The number of rotatable bonds is 11. The zero-order chi connectivity index (χ0) is 40.6. The van der Waals surface area contributed by atoms with Crippen LogP contribution in [0.15, 0.2) is 88.7 Å². The molecule has 0 saturated carbocycles. The lowest BCUT2D eigenvalue weighted by molar-refractivity contribution is 0.0590. The third-order valence-electron chi connectivity index (χ3n) is 9.62. The Kier molecular flexibility index (Phi) is 11.6. The van der Waals surface area contributed by atoms with E-state index in [1.165, 1.54) is 20.3 Å². The molecule has 0 aliphatic rings. The fourth-order valence-electron chi connectivity index (χ4n) is 7.08. The number of carbonyl (C=O) groups excluding carboxylic acids is 2. The summed E-state index contributed by atoms with van der Waals surface area (Å²) in [5, 5.41) is 6.75. The average Bonchev–Trinajstić information content (AvgIpc) is 3.12. The molecule has 0 heterocycles. The van der Waals surface area contributed by atoms with E-state index >= 15 is 0 Å². The molecule has 55 heavy (non-hydrogen) atoms. The Labute approximate surface area is 321 Å². The van der Waals surface area contributed by atoms with Crippen LogP contribution < -0.4 is 10.6 Å². The van der Waals surface area contributed by atoms with Crippen molar-refractivity contribution in [3.63, 3.8) is 0 Å². The van der Waals surface area contributed by atoms with Crippen LogP contribution in [0.3, 0.4) is 0 Å². The first kappa shape index (κ1) is 40.6. The van der Waals surface area contributed by atoms with Crippen LogP contribution in [0.4, 0.5) is 22.7 Å². The van der Waals surface area contributed by atoms with Crippen LogP contribution in [0.1, 0.15) is 76.7 Å². The van der Waals surface area contributed by atoms with Crippen molar-refractivity contribution in [2.75, 3.05) is 24.9 Å². The van der Waals surface area contributed by atoms with E-state index in [0.717, 1.165) is 34.4 Å². The minimum Gasteiger partial charge on any atom is -0.465 e. The number of ether oxygens (including phenoxy) is 2. The van der Waals surface area contributed by atoms with Gasteiger partial charge in [-0.1, -0.05) is 42.5 Å². The Bertz CT molecular complexity index is 2430. The molecule has 0 unspecified atom stereocenters. The summed E-state index contributed by atoms with van der Waals surface area (Å²) < 4.78 is 79.6. The summed E-state index contributed by atoms with van der Waals surface area (Å²) in [6.45, 7) is 11.1. The molecule has 0 aliphatic heterocycles. The highest BCUT2D eigenvalue weighted by Crippen LogP contribution is 2.39. The van der Waals surface area contributed by atoms with Crippen molar-refractivity contribution in [2.45, 2.75) is 57.3 Å². The van der Waals surface area contributed by atoms with Crippen LogP contribution in [0.5, 0.6) is 0 Å². The van der Waals surface area contributed by atoms with E-state index in [4.69, 9.17) is 9.47 Å². The Morgan fingerprint density at radius 1 is 0.564 bits per heavy atom. The second kappa shape index (κ2) is 15.7. The van der Waals surface area contributed by atoms with Crippen molar-refractivity contribution >= 4 is 54.9 Å². The van der Waals surface area contributed by atoms with E-state index in [0.29, 0.717) is 56.1 Å². The number of carbonyl (C=O) groups is 2. The Hall–Kier alpha value is -5.54. The summed E-state index contributed by atoms with van der Waals surface area (Å²) in [6.07, 6.45) is 0. The van der Waals surface area contributed by atoms with Gasteiger partial charge in [-0.25, -0.2) is 9.59 Å². The Balaban J connectivity index is 1.61. The number of aryl methyl sites for hydroxylation is 4. The maximum atomic E-state index is 12.8. The van der Waals surface area contributed by atoms with Gasteiger partial charge in [0.15, 0.2) is 0 Å². The van der Waals surface area contributed by atoms with E-state index < -0.39 is 47.9 Å². The normalized spacial score (nSPS) is 11.7. The number of methoxy groups -OCH3 is 2. The molecule has 0 amide bonds. The first-order valence-corrected chi connectivity index (χ1v) is 19.9. The SMILES string of the molecule is COC(=O)c1c(C)cc(C)c(Nc2ccc(C(c3ccc(Nc4c(C)cc(C)c(C(=O)OC)c4C)cc3)c3ccc(S(=O)(=O)O)cc3S(=O)(=O)O)cc2)c1C. The molecule has 0 radical (unpaired) electrons. The average molecular weight is 787 g/mol. The standard InChI is InChI=1S/C41H42N2O10S2/c1-22-19-24(3)38(26(5)35(22)40(44)52-7)42-30-13-9-28(10-14-30)37(33-18-17-32(54(46,47)48)21-34(33)55(49,50)51)29-11-15-31(16-12-29)43-39-25(4)20-23(2)36(27(39)6)41(45)53-8/h9-21,37,42-43H,1-8H3,(H,46,47,48)(H,49,50,51). The monoisotopic (exact) mass is 786 g/mol. The maximum Gasteiger partial charge on any atom is 0.338 e. The van der Waals surface area contributed by atoms with Crippen molar-refractivity contribution in [3.05, 3.63) is 140 Å². The first-order valence-electron chi connectivity index (χ1n) is 17.0. The summed E-state index contributed by atoms with van der Waals surface area (Å²) in [7, 11) is -7.17. The van der Waals surface area contributed by atoms with E-state index in [1.54, 1.807) is 48.5 Å². The van der Waals surface area contributed by atoms with E-state index in [1.807, 2.05) is 53.7 Å². The van der Waals surface area contributed by atoms with Crippen LogP contribution in [-0.4, -0.2) is 52.1 Å². The summed E-state index contributed by atoms with van der Waals surface area (Å²) >= 11 is 0. The van der Waals surface area contributed by atoms with Crippen molar-refractivity contribution in [1.82, 2.24) is 0 Å². The molecule has 0 bridgehead atoms. The van der Waals surface area contributed by atoms with Crippen LogP contribution >= 0.6 is 0 Å². The predicted molar refractivity (Wildman–Crippen MR) is 210 cm³/mol. The van der Waals surface area contributed by atoms with Crippen molar-refractivity contribution in [3.8, 4) is 0 Å². The van der Waals surface area contributed by atoms with Gasteiger partial charge in [-0.2, -0.15) is 16.8 Å². The van der Waals surface area contributed by atoms with Crippen molar-refractivity contribution in [2.24, 2.45) is 0 Å². The number of anilines is 4. The molecule has 0 aliphatic carbocycles. The van der Waals surface area contributed by atoms with Gasteiger partial charge in [0, 0.05) is 28.7 Å². The second-order valence-electron chi connectivity index (χ2n) is 13.3. The highest BCUT2D eigenvalue weighted by molar-refractivity contribution is 7.86. The van der Waals surface area contributed by atoms with Gasteiger partial charge < -0.3 is 20.1 Å². The fraction of sp³-hybridized carbons (Fsp3) is 0.220. The molecule has 0 fully saturated rings. The van der Waals surface area contributed by atoms with E-state index in [9.17, 15) is 35.5 Å². The highest BCUT2D eigenvalue weighted by atomic mass is 32.2. The largest absolute Gasteiger partial charge is 0.465 e. The molecule has 5 aromatic rings. The van der Waals surface area contributed by atoms with Crippen molar-refractivity contribution in [1.29, 1.82) is 0 Å². The third kappa shape index (κ3) is 8.42. The van der Waals surface area contributed by atoms with Gasteiger partial charge >= 0.3 is 11.9 Å². The van der Waals surface area contributed by atoms with Crippen molar-refractivity contribution < 1.29 is 45.0 Å². The molecule has 0 saturated heterocycles. The summed E-state index contributed by atoms with van der Waals surface area (Å²) in [4.78, 5) is 23.7. The molecule has 288 valence electrons. The lowest BCUT2D eigenvalue weighted by Crippen LogP contribution is -2.12. The van der Waals surface area contributed by atoms with Gasteiger partial charge in [0.05, 0.1) is 35.1 Å². The molecular formula is C41H42N2O10S2. The van der Waals surface area contributed by atoms with Crippen LogP contribution in [0.25, 0.3) is 0 Å². The molecule has 5 rings (SSSR count). The summed E-state index contributed by atoms with van der Waals surface area (Å²) in [5.41, 5.74) is 9.60. The molecule has 0 aromatic heterocycles. The van der Waals surface area contributed by atoms with Crippen LogP contribution in [0.2, 0.25) is 0 Å². The number of hydrogen-bond acceptors (Lipinski definition) is 10. The molecular weight excluding hydrogens is 745 g/mol. The third-order valence-corrected chi connectivity index (χ3v) is 11.4. The minimum absolute atomic E-state index is 0.0530.